The Bertz CT molecular complexity index is 550. The van der Waals surface area contributed by atoms with E-state index in [1.807, 2.05) is 13.8 Å². The predicted molar refractivity (Wildman–Crippen MR) is 91.2 cm³/mol. The molecule has 4 unspecified atom stereocenters. The Morgan fingerprint density at radius 3 is 2.70 bits per heavy atom. The summed E-state index contributed by atoms with van der Waals surface area (Å²) in [6.07, 6.45) is 3.68. The number of hydrogen-bond donors (Lipinski definition) is 2. The van der Waals surface area contributed by atoms with Crippen LogP contribution in [-0.2, 0) is 10.8 Å². The molecule has 1 aromatic carbocycles. The molecule has 2 amide bonds. The van der Waals surface area contributed by atoms with Crippen molar-refractivity contribution in [3.63, 3.8) is 0 Å². The fourth-order valence-corrected chi connectivity index (χ4v) is 4.36. The number of urea groups is 1. The van der Waals surface area contributed by atoms with Gasteiger partial charge in [0.2, 0.25) is 0 Å². The van der Waals surface area contributed by atoms with Crippen LogP contribution in [0.4, 0.5) is 9.18 Å². The van der Waals surface area contributed by atoms with E-state index in [4.69, 9.17) is 0 Å². The van der Waals surface area contributed by atoms with Gasteiger partial charge in [0, 0.05) is 27.8 Å². The molecule has 1 fully saturated rings. The van der Waals surface area contributed by atoms with E-state index in [2.05, 4.69) is 10.6 Å². The van der Waals surface area contributed by atoms with E-state index in [1.165, 1.54) is 12.1 Å². The smallest absolute Gasteiger partial charge is 0.315 e. The summed E-state index contributed by atoms with van der Waals surface area (Å²) in [5, 5.41) is 6.04. The van der Waals surface area contributed by atoms with Crippen LogP contribution >= 0.6 is 0 Å². The lowest BCUT2D eigenvalue weighted by atomic mass is 9.95. The van der Waals surface area contributed by atoms with Crippen LogP contribution in [0.2, 0.25) is 0 Å². The second kappa shape index (κ2) is 8.43. The number of halogens is 1. The van der Waals surface area contributed by atoms with Gasteiger partial charge in [0.25, 0.3) is 0 Å². The number of carbonyl (C=O) groups is 1. The van der Waals surface area contributed by atoms with Crippen LogP contribution < -0.4 is 10.6 Å². The van der Waals surface area contributed by atoms with Gasteiger partial charge >= 0.3 is 6.03 Å². The molecular formula is C17H25FN2O2S. The van der Waals surface area contributed by atoms with E-state index in [-0.39, 0.29) is 29.2 Å². The minimum atomic E-state index is -0.799. The molecule has 2 N–H and O–H groups in total. The maximum absolute atomic E-state index is 12.9. The topological polar surface area (TPSA) is 58.2 Å². The summed E-state index contributed by atoms with van der Waals surface area (Å²) in [6, 6.07) is 5.76. The van der Waals surface area contributed by atoms with Crippen LogP contribution in [0.5, 0.6) is 0 Å². The number of hydrogen-bond acceptors (Lipinski definition) is 2. The van der Waals surface area contributed by atoms with E-state index in [9.17, 15) is 13.4 Å². The number of carbonyl (C=O) groups excluding carboxylic acids is 1. The third-order valence-electron chi connectivity index (χ3n) is 4.34. The Hall–Kier alpha value is -1.43. The number of rotatable bonds is 5. The lowest BCUT2D eigenvalue weighted by Crippen LogP contribution is -2.46. The maximum Gasteiger partial charge on any atom is 0.315 e. The van der Waals surface area contributed by atoms with Gasteiger partial charge in [-0.1, -0.05) is 25.5 Å². The first kappa shape index (κ1) is 17.9. The van der Waals surface area contributed by atoms with Crippen molar-refractivity contribution in [1.29, 1.82) is 0 Å². The average molecular weight is 340 g/mol. The molecule has 4 nitrogen and oxygen atoms in total. The molecule has 128 valence electrons. The molecule has 1 aromatic rings. The average Bonchev–Trinajstić information content (AvgIpc) is 2.54. The van der Waals surface area contributed by atoms with Crippen molar-refractivity contribution in [1.82, 2.24) is 10.6 Å². The van der Waals surface area contributed by atoms with Crippen LogP contribution in [0.1, 0.15) is 51.1 Å². The van der Waals surface area contributed by atoms with Crippen molar-refractivity contribution < 1.29 is 13.4 Å². The monoisotopic (exact) mass is 340 g/mol. The molecule has 0 radical (unpaired) electrons. The Morgan fingerprint density at radius 1 is 1.35 bits per heavy atom. The van der Waals surface area contributed by atoms with E-state index in [1.54, 1.807) is 12.1 Å². The minimum Gasteiger partial charge on any atom is -0.335 e. The number of nitrogens with one attached hydrogen (secondary N) is 2. The van der Waals surface area contributed by atoms with Crippen LogP contribution in [0.25, 0.3) is 0 Å². The molecule has 23 heavy (non-hydrogen) atoms. The SMILES string of the molecule is CCS(=O)C1CCCC(NC(=O)NC(C)c2ccc(F)cc2)C1. The molecular weight excluding hydrogens is 315 g/mol. The van der Waals surface area contributed by atoms with Gasteiger partial charge in [0.05, 0.1) is 6.04 Å². The van der Waals surface area contributed by atoms with Gasteiger partial charge in [0.1, 0.15) is 5.82 Å². The molecule has 0 heterocycles. The number of amides is 2. The summed E-state index contributed by atoms with van der Waals surface area (Å²) in [6.45, 7) is 3.80. The first-order chi connectivity index (χ1) is 11.0. The van der Waals surface area contributed by atoms with Crippen LogP contribution in [0.3, 0.4) is 0 Å². The van der Waals surface area contributed by atoms with Gasteiger partial charge in [-0.3, -0.25) is 4.21 Å². The van der Waals surface area contributed by atoms with Gasteiger partial charge in [0.15, 0.2) is 0 Å². The lowest BCUT2D eigenvalue weighted by molar-refractivity contribution is 0.230. The van der Waals surface area contributed by atoms with Gasteiger partial charge < -0.3 is 10.6 Å². The Balaban J connectivity index is 1.84. The lowest BCUT2D eigenvalue weighted by Gasteiger charge is -2.29. The second-order valence-electron chi connectivity index (χ2n) is 6.05. The summed E-state index contributed by atoms with van der Waals surface area (Å²) in [5.74, 6) is 0.383. The predicted octanol–water partition coefficient (Wildman–Crippen LogP) is 3.27. The first-order valence-electron chi connectivity index (χ1n) is 8.19. The van der Waals surface area contributed by atoms with Crippen molar-refractivity contribution in [3.8, 4) is 0 Å². The fraction of sp³-hybridized carbons (Fsp3) is 0.588. The van der Waals surface area contributed by atoms with Gasteiger partial charge in [-0.2, -0.15) is 0 Å². The third-order valence-corrected chi connectivity index (χ3v) is 6.08. The number of benzene rings is 1. The van der Waals surface area contributed by atoms with E-state index in [0.29, 0.717) is 5.75 Å². The van der Waals surface area contributed by atoms with Gasteiger partial charge in [-0.25, -0.2) is 9.18 Å². The highest BCUT2D eigenvalue weighted by atomic mass is 32.2. The molecule has 2 rings (SSSR count). The highest BCUT2D eigenvalue weighted by Crippen LogP contribution is 2.23. The second-order valence-corrected chi connectivity index (χ2v) is 8.05. The van der Waals surface area contributed by atoms with Gasteiger partial charge in [-0.15, -0.1) is 0 Å². The van der Waals surface area contributed by atoms with Gasteiger partial charge in [-0.05, 0) is 43.9 Å². The van der Waals surface area contributed by atoms with Crippen molar-refractivity contribution >= 4 is 16.8 Å². The fourth-order valence-electron chi connectivity index (χ4n) is 3.01. The normalized spacial score (nSPS) is 23.8. The molecule has 4 atom stereocenters. The molecule has 0 aromatic heterocycles. The Labute approximate surface area is 139 Å². The standard InChI is InChI=1S/C17H25FN2O2S/c1-3-23(22)16-6-4-5-15(11-16)20-17(21)19-12(2)13-7-9-14(18)10-8-13/h7-10,12,15-16H,3-6,11H2,1-2H3,(H2,19,20,21). The molecule has 0 bridgehead atoms. The van der Waals surface area contributed by atoms with Crippen LogP contribution in [0.15, 0.2) is 24.3 Å². The highest BCUT2D eigenvalue weighted by Gasteiger charge is 2.26. The highest BCUT2D eigenvalue weighted by molar-refractivity contribution is 7.85. The van der Waals surface area contributed by atoms with Crippen LogP contribution in [0, 0.1) is 5.82 Å². The van der Waals surface area contributed by atoms with Crippen molar-refractivity contribution in [2.45, 2.75) is 56.9 Å². The third kappa shape index (κ3) is 5.30. The van der Waals surface area contributed by atoms with Crippen molar-refractivity contribution in [2.75, 3.05) is 5.75 Å². The van der Waals surface area contributed by atoms with E-state index in [0.717, 1.165) is 31.2 Å². The van der Waals surface area contributed by atoms with E-state index < -0.39 is 10.8 Å². The summed E-state index contributed by atoms with van der Waals surface area (Å²) < 4.78 is 24.9. The van der Waals surface area contributed by atoms with Crippen molar-refractivity contribution in [3.05, 3.63) is 35.6 Å². The zero-order valence-electron chi connectivity index (χ0n) is 13.7. The zero-order chi connectivity index (χ0) is 16.8. The Kier molecular flexibility index (Phi) is 6.57. The molecule has 1 saturated carbocycles. The van der Waals surface area contributed by atoms with Crippen molar-refractivity contribution in [2.24, 2.45) is 0 Å². The summed E-state index contributed by atoms with van der Waals surface area (Å²) in [5.41, 5.74) is 0.857. The minimum absolute atomic E-state index is 0.0738. The first-order valence-corrected chi connectivity index (χ1v) is 9.57. The molecule has 1 aliphatic rings. The summed E-state index contributed by atoms with van der Waals surface area (Å²) in [4.78, 5) is 12.1. The molecule has 1 aliphatic carbocycles. The zero-order valence-corrected chi connectivity index (χ0v) is 14.5. The molecule has 0 aliphatic heterocycles. The maximum atomic E-state index is 12.9. The largest absolute Gasteiger partial charge is 0.335 e. The van der Waals surface area contributed by atoms with E-state index >= 15 is 0 Å². The molecule has 0 saturated heterocycles. The van der Waals surface area contributed by atoms with Crippen LogP contribution in [-0.4, -0.2) is 27.3 Å². The molecule has 0 spiro atoms. The summed E-state index contributed by atoms with van der Waals surface area (Å²) in [7, 11) is -0.799. The molecule has 6 heteroatoms. The summed E-state index contributed by atoms with van der Waals surface area (Å²) >= 11 is 0. The quantitative estimate of drug-likeness (QED) is 0.864. The Morgan fingerprint density at radius 2 is 2.04 bits per heavy atom.